The Bertz CT molecular complexity index is 455. The molecule has 0 atom stereocenters. The second-order valence-corrected chi connectivity index (χ2v) is 4.96. The maximum Gasteiger partial charge on any atom is 0.319 e. The van der Waals surface area contributed by atoms with Gasteiger partial charge in [0.05, 0.1) is 18.1 Å². The Kier molecular flexibility index (Phi) is 6.37. The van der Waals surface area contributed by atoms with Crippen LogP contribution in [-0.4, -0.2) is 31.1 Å². The van der Waals surface area contributed by atoms with Crippen molar-refractivity contribution in [1.29, 1.82) is 0 Å². The molecule has 19 heavy (non-hydrogen) atoms. The van der Waals surface area contributed by atoms with E-state index in [4.69, 9.17) is 0 Å². The molecule has 0 aromatic heterocycles. The summed E-state index contributed by atoms with van der Waals surface area (Å²) in [5.41, 5.74) is -0.0493. The van der Waals surface area contributed by atoms with Gasteiger partial charge < -0.3 is 4.74 Å². The highest BCUT2D eigenvalue weighted by molar-refractivity contribution is 9.10. The van der Waals surface area contributed by atoms with Gasteiger partial charge in [0.1, 0.15) is 11.6 Å². The van der Waals surface area contributed by atoms with Gasteiger partial charge in [-0.25, -0.2) is 8.78 Å². The topological polar surface area (TPSA) is 29.5 Å². The maximum atomic E-state index is 13.9. The molecule has 0 amide bonds. The summed E-state index contributed by atoms with van der Waals surface area (Å²) in [6.45, 7) is 2.52. The Morgan fingerprint density at radius 3 is 2.68 bits per heavy atom. The third-order valence-electron chi connectivity index (χ3n) is 2.64. The van der Waals surface area contributed by atoms with Gasteiger partial charge >= 0.3 is 5.97 Å². The molecule has 0 N–H and O–H groups in total. The molecule has 0 aliphatic heterocycles. The Labute approximate surface area is 119 Å². The van der Waals surface area contributed by atoms with Crippen LogP contribution in [0.2, 0.25) is 0 Å². The Morgan fingerprint density at radius 2 is 2.11 bits per heavy atom. The lowest BCUT2D eigenvalue weighted by Gasteiger charge is -2.21. The lowest BCUT2D eigenvalue weighted by Crippen LogP contribution is -2.31. The zero-order valence-electron chi connectivity index (χ0n) is 10.9. The molecule has 0 radical (unpaired) electrons. The van der Waals surface area contributed by atoms with Crippen LogP contribution in [0.25, 0.3) is 0 Å². The summed E-state index contributed by atoms with van der Waals surface area (Å²) >= 11 is 3.02. The summed E-state index contributed by atoms with van der Waals surface area (Å²) in [4.78, 5) is 12.9. The number of nitrogens with zero attached hydrogens (tertiary/aromatic N) is 1. The molecule has 1 aromatic carbocycles. The number of benzene rings is 1. The molecular weight excluding hydrogens is 320 g/mol. The molecule has 0 heterocycles. The molecule has 0 aliphatic rings. The van der Waals surface area contributed by atoms with Gasteiger partial charge in [-0.05, 0) is 41.0 Å². The van der Waals surface area contributed by atoms with E-state index in [0.29, 0.717) is 6.54 Å². The minimum Gasteiger partial charge on any atom is -0.468 e. The molecular formula is C13H16BrF2NO2. The van der Waals surface area contributed by atoms with Gasteiger partial charge in [-0.2, -0.15) is 0 Å². The van der Waals surface area contributed by atoms with Gasteiger partial charge in [-0.15, -0.1) is 0 Å². The van der Waals surface area contributed by atoms with Gasteiger partial charge in [-0.3, -0.25) is 9.69 Å². The molecule has 0 saturated carbocycles. The Hall–Kier alpha value is -1.01. The molecule has 106 valence electrons. The normalized spacial score (nSPS) is 10.8. The van der Waals surface area contributed by atoms with Crippen molar-refractivity contribution in [1.82, 2.24) is 4.90 Å². The van der Waals surface area contributed by atoms with Crippen LogP contribution in [0.3, 0.4) is 0 Å². The van der Waals surface area contributed by atoms with Gasteiger partial charge in [0, 0.05) is 12.1 Å². The summed E-state index contributed by atoms with van der Waals surface area (Å²) in [6.07, 6.45) is 0.772. The highest BCUT2D eigenvalue weighted by Gasteiger charge is 2.17. The van der Waals surface area contributed by atoms with Crippen molar-refractivity contribution in [2.75, 3.05) is 20.2 Å². The number of esters is 1. The van der Waals surface area contributed by atoms with Crippen molar-refractivity contribution >= 4 is 21.9 Å². The van der Waals surface area contributed by atoms with E-state index in [0.717, 1.165) is 6.42 Å². The van der Waals surface area contributed by atoms with Crippen LogP contribution in [0.4, 0.5) is 8.78 Å². The van der Waals surface area contributed by atoms with Crippen molar-refractivity contribution in [3.63, 3.8) is 0 Å². The average molecular weight is 336 g/mol. The standard InChI is InChI=1S/C13H16BrF2NO2/c1-3-6-17(8-12(18)19-2)7-9-11(15)5-4-10(14)13(9)16/h4-5H,3,6-8H2,1-2H3. The van der Waals surface area contributed by atoms with Gasteiger partial charge in [-0.1, -0.05) is 6.92 Å². The number of rotatable bonds is 6. The average Bonchev–Trinajstić information content (AvgIpc) is 2.39. The Morgan fingerprint density at radius 1 is 1.42 bits per heavy atom. The van der Waals surface area contributed by atoms with Crippen LogP contribution in [0.15, 0.2) is 16.6 Å². The molecule has 1 rings (SSSR count). The number of carbonyl (C=O) groups excluding carboxylic acids is 1. The van der Waals surface area contributed by atoms with Crippen LogP contribution < -0.4 is 0 Å². The van der Waals surface area contributed by atoms with E-state index < -0.39 is 17.6 Å². The monoisotopic (exact) mass is 335 g/mol. The zero-order chi connectivity index (χ0) is 14.4. The minimum absolute atomic E-state index is 0.00966. The SMILES string of the molecule is CCCN(CC(=O)OC)Cc1c(F)ccc(Br)c1F. The van der Waals surface area contributed by atoms with Crippen molar-refractivity contribution < 1.29 is 18.3 Å². The third kappa shape index (κ3) is 4.54. The van der Waals surface area contributed by atoms with E-state index in [2.05, 4.69) is 20.7 Å². The minimum atomic E-state index is -0.633. The number of hydrogen-bond donors (Lipinski definition) is 0. The largest absolute Gasteiger partial charge is 0.468 e. The van der Waals surface area contributed by atoms with Gasteiger partial charge in [0.15, 0.2) is 0 Å². The van der Waals surface area contributed by atoms with E-state index in [1.165, 1.54) is 19.2 Å². The quantitative estimate of drug-likeness (QED) is 0.591. The summed E-state index contributed by atoms with van der Waals surface area (Å²) in [7, 11) is 1.28. The first-order chi connectivity index (χ1) is 8.99. The highest BCUT2D eigenvalue weighted by atomic mass is 79.9. The first kappa shape index (κ1) is 16.0. The number of hydrogen-bond acceptors (Lipinski definition) is 3. The fraction of sp³-hybridized carbons (Fsp3) is 0.462. The number of carbonyl (C=O) groups is 1. The number of ether oxygens (including phenoxy) is 1. The Balaban J connectivity index is 2.90. The molecule has 0 bridgehead atoms. The first-order valence-corrected chi connectivity index (χ1v) is 6.70. The van der Waals surface area contributed by atoms with E-state index in [1.807, 2.05) is 6.92 Å². The van der Waals surface area contributed by atoms with E-state index in [1.54, 1.807) is 4.90 Å². The van der Waals surface area contributed by atoms with Crippen molar-refractivity contribution in [3.8, 4) is 0 Å². The smallest absolute Gasteiger partial charge is 0.319 e. The van der Waals surface area contributed by atoms with Crippen molar-refractivity contribution in [2.45, 2.75) is 19.9 Å². The van der Waals surface area contributed by atoms with Crippen molar-refractivity contribution in [3.05, 3.63) is 33.8 Å². The first-order valence-electron chi connectivity index (χ1n) is 5.91. The summed E-state index contributed by atoms with van der Waals surface area (Å²) in [5, 5.41) is 0. The summed E-state index contributed by atoms with van der Waals surface area (Å²) in [6, 6.07) is 2.52. The molecule has 0 unspecified atom stereocenters. The van der Waals surface area contributed by atoms with Crippen molar-refractivity contribution in [2.24, 2.45) is 0 Å². The molecule has 1 aromatic rings. The maximum absolute atomic E-state index is 13.9. The van der Waals surface area contributed by atoms with Gasteiger partial charge in [0.2, 0.25) is 0 Å². The van der Waals surface area contributed by atoms with Crippen LogP contribution in [0, 0.1) is 11.6 Å². The van der Waals surface area contributed by atoms with E-state index in [9.17, 15) is 13.6 Å². The molecule has 0 aliphatic carbocycles. The fourth-order valence-electron chi connectivity index (χ4n) is 1.71. The number of halogens is 3. The lowest BCUT2D eigenvalue weighted by molar-refractivity contribution is -0.142. The fourth-order valence-corrected chi connectivity index (χ4v) is 2.09. The third-order valence-corrected chi connectivity index (χ3v) is 3.25. The van der Waals surface area contributed by atoms with E-state index >= 15 is 0 Å². The summed E-state index contributed by atoms with van der Waals surface area (Å²) < 4.78 is 32.3. The van der Waals surface area contributed by atoms with Crippen LogP contribution in [-0.2, 0) is 16.1 Å². The molecule has 3 nitrogen and oxygen atoms in total. The predicted molar refractivity (Wildman–Crippen MR) is 71.6 cm³/mol. The molecule has 0 spiro atoms. The predicted octanol–water partition coefficient (Wildman–Crippen LogP) is 3.11. The molecule has 6 heteroatoms. The summed E-state index contributed by atoms with van der Waals surface area (Å²) in [5.74, 6) is -1.68. The lowest BCUT2D eigenvalue weighted by atomic mass is 10.2. The second kappa shape index (κ2) is 7.55. The van der Waals surface area contributed by atoms with E-state index in [-0.39, 0.29) is 23.1 Å². The van der Waals surface area contributed by atoms with Gasteiger partial charge in [0.25, 0.3) is 0 Å². The zero-order valence-corrected chi connectivity index (χ0v) is 12.5. The molecule has 0 fully saturated rings. The second-order valence-electron chi connectivity index (χ2n) is 4.11. The van der Waals surface area contributed by atoms with Crippen LogP contribution >= 0.6 is 15.9 Å². The highest BCUT2D eigenvalue weighted by Crippen LogP contribution is 2.22. The molecule has 0 saturated heterocycles. The van der Waals surface area contributed by atoms with Crippen LogP contribution in [0.5, 0.6) is 0 Å². The van der Waals surface area contributed by atoms with Crippen LogP contribution in [0.1, 0.15) is 18.9 Å². The number of methoxy groups -OCH3 is 1.